The van der Waals surface area contributed by atoms with E-state index < -0.39 is 5.82 Å². The molecule has 4 aromatic heterocycles. The van der Waals surface area contributed by atoms with Crippen LogP contribution in [0.4, 0.5) is 21.7 Å². The summed E-state index contributed by atoms with van der Waals surface area (Å²) in [4.78, 5) is 36.4. The van der Waals surface area contributed by atoms with Crippen LogP contribution in [-0.4, -0.2) is 67.3 Å². The Morgan fingerprint density at radius 1 is 0.897 bits per heavy atom. The normalized spacial score (nSPS) is 14.5. The molecule has 6 aromatic rings. The number of anilines is 3. The molecule has 0 spiro atoms. The van der Waals surface area contributed by atoms with E-state index in [9.17, 15) is 9.18 Å². The Labute approximate surface area is 222 Å². The number of pyridine rings is 1. The van der Waals surface area contributed by atoms with Gasteiger partial charge in [0.2, 0.25) is 5.95 Å². The smallest absolute Gasteiger partial charge is 0.284 e. The average molecular weight is 522 g/mol. The van der Waals surface area contributed by atoms with Crippen LogP contribution in [0.15, 0.2) is 77.9 Å². The zero-order chi connectivity index (χ0) is 26.5. The summed E-state index contributed by atoms with van der Waals surface area (Å²) in [5.74, 6) is 0.362. The Kier molecular flexibility index (Phi) is 5.44. The zero-order valence-corrected chi connectivity index (χ0v) is 21.1. The summed E-state index contributed by atoms with van der Waals surface area (Å²) in [6.45, 7) is 4.08. The summed E-state index contributed by atoms with van der Waals surface area (Å²) in [7, 11) is 2.14. The van der Waals surface area contributed by atoms with E-state index >= 15 is 0 Å². The van der Waals surface area contributed by atoms with Crippen molar-refractivity contribution in [2.24, 2.45) is 0 Å². The van der Waals surface area contributed by atoms with E-state index in [1.165, 1.54) is 28.5 Å². The van der Waals surface area contributed by atoms with E-state index in [1.54, 1.807) is 35.1 Å². The van der Waals surface area contributed by atoms with Crippen LogP contribution in [0.2, 0.25) is 0 Å². The van der Waals surface area contributed by atoms with E-state index in [-0.39, 0.29) is 16.6 Å². The first kappa shape index (κ1) is 23.2. The second-order valence-corrected chi connectivity index (χ2v) is 9.61. The van der Waals surface area contributed by atoms with Crippen molar-refractivity contribution >= 4 is 44.9 Å². The van der Waals surface area contributed by atoms with Gasteiger partial charge in [-0.1, -0.05) is 6.07 Å². The van der Waals surface area contributed by atoms with Crippen molar-refractivity contribution in [2.45, 2.75) is 0 Å². The van der Waals surface area contributed by atoms with E-state index in [2.05, 4.69) is 49.2 Å². The molecule has 10 nitrogen and oxygen atoms in total. The molecular weight excluding hydrogens is 497 g/mol. The minimum atomic E-state index is -0.426. The van der Waals surface area contributed by atoms with E-state index in [0.29, 0.717) is 28.3 Å². The zero-order valence-electron chi connectivity index (χ0n) is 21.1. The van der Waals surface area contributed by atoms with Crippen LogP contribution in [0, 0.1) is 5.82 Å². The summed E-state index contributed by atoms with van der Waals surface area (Å²) in [6.07, 6.45) is 3.08. The van der Waals surface area contributed by atoms with Crippen molar-refractivity contribution in [1.29, 1.82) is 0 Å². The highest BCUT2D eigenvalue weighted by molar-refractivity contribution is 5.95. The van der Waals surface area contributed by atoms with Gasteiger partial charge in [0.1, 0.15) is 11.2 Å². The van der Waals surface area contributed by atoms with Crippen LogP contribution in [-0.2, 0) is 0 Å². The molecule has 0 atom stereocenters. The molecule has 2 aromatic carbocycles. The number of likely N-dealkylation sites (N-methyl/N-ethyl adjacent to an activating group) is 1. The molecule has 1 aliphatic rings. The molecule has 1 saturated heterocycles. The Balaban J connectivity index is 1.29. The predicted molar refractivity (Wildman–Crippen MR) is 149 cm³/mol. The minimum Gasteiger partial charge on any atom is -0.369 e. The molecule has 5 heterocycles. The van der Waals surface area contributed by atoms with Crippen LogP contribution in [0.5, 0.6) is 0 Å². The summed E-state index contributed by atoms with van der Waals surface area (Å²) >= 11 is 0. The third-order valence-electron chi connectivity index (χ3n) is 7.09. The van der Waals surface area contributed by atoms with Gasteiger partial charge in [-0.3, -0.25) is 4.79 Å². The predicted octanol–water partition coefficient (Wildman–Crippen LogP) is 3.61. The van der Waals surface area contributed by atoms with Gasteiger partial charge in [0, 0.05) is 61.4 Å². The van der Waals surface area contributed by atoms with Crippen molar-refractivity contribution in [1.82, 2.24) is 34.0 Å². The molecule has 39 heavy (non-hydrogen) atoms. The lowest BCUT2D eigenvalue weighted by Crippen LogP contribution is -2.44. The standard InChI is InChI=1S/C28H24FN9O/c1-35-12-14-36(15-13-35)20-8-6-19(7-9-20)32-28-31-17-22-25(34-28)33-26-21-10-5-18(29)16-23(21)37(38(26)27(22)39)24-4-2-3-11-30-24/h2-11,16-17H,12-15H2,1H3,(H,31,32,34). The van der Waals surface area contributed by atoms with E-state index in [4.69, 9.17) is 4.98 Å². The topological polar surface area (TPSA) is 96.5 Å². The molecule has 0 aliphatic carbocycles. The monoisotopic (exact) mass is 521 g/mol. The van der Waals surface area contributed by atoms with Crippen molar-refractivity contribution < 1.29 is 4.39 Å². The summed E-state index contributed by atoms with van der Waals surface area (Å²) in [5, 5.41) is 4.06. The van der Waals surface area contributed by atoms with Crippen LogP contribution in [0.3, 0.4) is 0 Å². The number of nitrogens with one attached hydrogen (secondary N) is 1. The third kappa shape index (κ3) is 4.03. The number of aromatic nitrogens is 6. The van der Waals surface area contributed by atoms with Gasteiger partial charge in [0.15, 0.2) is 17.1 Å². The van der Waals surface area contributed by atoms with E-state index in [0.717, 1.165) is 31.9 Å². The van der Waals surface area contributed by atoms with Crippen LogP contribution in [0.25, 0.3) is 33.4 Å². The molecule has 194 valence electrons. The molecule has 11 heteroatoms. The lowest BCUT2D eigenvalue weighted by molar-refractivity contribution is 0.313. The number of hydrogen-bond donors (Lipinski definition) is 1. The maximum Gasteiger partial charge on any atom is 0.284 e. The quantitative estimate of drug-likeness (QED) is 0.376. The van der Waals surface area contributed by atoms with E-state index in [1.807, 2.05) is 12.1 Å². The molecule has 1 N–H and O–H groups in total. The lowest BCUT2D eigenvalue weighted by Gasteiger charge is -2.34. The third-order valence-corrected chi connectivity index (χ3v) is 7.09. The first-order chi connectivity index (χ1) is 19.0. The summed E-state index contributed by atoms with van der Waals surface area (Å²) < 4.78 is 17.2. The number of nitrogens with zero attached hydrogens (tertiary/aromatic N) is 8. The highest BCUT2D eigenvalue weighted by Crippen LogP contribution is 2.26. The Morgan fingerprint density at radius 3 is 2.49 bits per heavy atom. The van der Waals surface area contributed by atoms with Crippen LogP contribution < -0.4 is 15.8 Å². The van der Waals surface area contributed by atoms with Crippen LogP contribution in [0.1, 0.15) is 0 Å². The highest BCUT2D eigenvalue weighted by atomic mass is 19.1. The molecule has 0 bridgehead atoms. The minimum absolute atomic E-state index is 0.240. The maximum atomic E-state index is 14.3. The number of benzene rings is 2. The summed E-state index contributed by atoms with van der Waals surface area (Å²) in [6, 6.07) is 17.8. The summed E-state index contributed by atoms with van der Waals surface area (Å²) in [5.41, 5.74) is 2.70. The molecule has 1 aliphatic heterocycles. The first-order valence-electron chi connectivity index (χ1n) is 12.7. The van der Waals surface area contributed by atoms with Crippen molar-refractivity contribution in [2.75, 3.05) is 43.4 Å². The highest BCUT2D eigenvalue weighted by Gasteiger charge is 2.19. The Hall–Kier alpha value is -4.90. The number of fused-ring (bicyclic) bond motifs is 4. The van der Waals surface area contributed by atoms with Gasteiger partial charge in [-0.05, 0) is 55.6 Å². The molecule has 0 saturated carbocycles. The Morgan fingerprint density at radius 2 is 1.72 bits per heavy atom. The number of piperazine rings is 1. The fourth-order valence-electron chi connectivity index (χ4n) is 5.02. The fraction of sp³-hybridized carbons (Fsp3) is 0.179. The fourth-order valence-corrected chi connectivity index (χ4v) is 5.02. The number of rotatable bonds is 4. The van der Waals surface area contributed by atoms with Crippen molar-refractivity contribution in [3.8, 4) is 5.82 Å². The van der Waals surface area contributed by atoms with Gasteiger partial charge >= 0.3 is 0 Å². The molecule has 1 fully saturated rings. The average Bonchev–Trinajstić information content (AvgIpc) is 3.28. The van der Waals surface area contributed by atoms with Gasteiger partial charge in [0.25, 0.3) is 5.56 Å². The lowest BCUT2D eigenvalue weighted by atomic mass is 10.2. The van der Waals surface area contributed by atoms with Gasteiger partial charge in [0.05, 0.1) is 5.52 Å². The second kappa shape index (κ2) is 9.14. The first-order valence-corrected chi connectivity index (χ1v) is 12.7. The maximum absolute atomic E-state index is 14.3. The second-order valence-electron chi connectivity index (χ2n) is 9.61. The Bertz CT molecular complexity index is 1890. The van der Waals surface area contributed by atoms with Gasteiger partial charge in [-0.25, -0.2) is 24.0 Å². The van der Waals surface area contributed by atoms with Crippen molar-refractivity contribution in [3.63, 3.8) is 0 Å². The van der Waals surface area contributed by atoms with Gasteiger partial charge in [-0.2, -0.15) is 9.50 Å². The van der Waals surface area contributed by atoms with Gasteiger partial charge in [-0.15, -0.1) is 0 Å². The molecule has 0 radical (unpaired) electrons. The largest absolute Gasteiger partial charge is 0.369 e. The number of hydrogen-bond acceptors (Lipinski definition) is 8. The SMILES string of the molecule is CN1CCN(c2ccc(Nc3ncc4c(=O)n5c(nc4n3)c3ccc(F)cc3n5-c3ccccn3)cc2)CC1. The molecule has 0 unspecified atom stereocenters. The van der Waals surface area contributed by atoms with Crippen molar-refractivity contribution in [3.05, 3.63) is 89.2 Å². The molecular formula is C28H24FN9O. The van der Waals surface area contributed by atoms with Gasteiger partial charge < -0.3 is 15.1 Å². The van der Waals surface area contributed by atoms with Crippen LogP contribution >= 0.6 is 0 Å². The molecule has 0 amide bonds. The molecule has 7 rings (SSSR count). The number of halogens is 1.